The zero-order valence-electron chi connectivity index (χ0n) is 9.66. The van der Waals surface area contributed by atoms with Crippen molar-refractivity contribution in [3.63, 3.8) is 0 Å². The predicted molar refractivity (Wildman–Crippen MR) is 66.1 cm³/mol. The Bertz CT molecular complexity index is 524. The van der Waals surface area contributed by atoms with Gasteiger partial charge in [-0.25, -0.2) is 4.98 Å². The van der Waals surface area contributed by atoms with Crippen LogP contribution >= 0.6 is 11.6 Å². The maximum atomic E-state index is 9.18. The number of nitrogens with zero attached hydrogens (tertiary/aromatic N) is 3. The first-order chi connectivity index (χ1) is 8.02. The minimum atomic E-state index is -0.232. The van der Waals surface area contributed by atoms with E-state index in [1.165, 1.54) is 6.33 Å². The highest BCUT2D eigenvalue weighted by Gasteiger charge is 2.17. The van der Waals surface area contributed by atoms with Crippen molar-refractivity contribution in [3.05, 3.63) is 11.6 Å². The molecule has 92 valence electrons. The van der Waals surface area contributed by atoms with Gasteiger partial charge in [-0.1, -0.05) is 13.8 Å². The number of aromatic amines is 1. The number of rotatable bonds is 4. The predicted octanol–water partition coefficient (Wildman–Crippen LogP) is 1.44. The van der Waals surface area contributed by atoms with E-state index < -0.39 is 0 Å². The van der Waals surface area contributed by atoms with E-state index in [9.17, 15) is 5.11 Å². The number of hydrogen-bond acceptors (Lipinski definition) is 5. The smallest absolute Gasteiger partial charge is 0.226 e. The summed E-state index contributed by atoms with van der Waals surface area (Å²) in [4.78, 5) is 15.1. The molecule has 2 aromatic heterocycles. The largest absolute Gasteiger partial charge is 0.396 e. The Morgan fingerprint density at radius 1 is 1.47 bits per heavy atom. The first-order valence-corrected chi connectivity index (χ1v) is 5.61. The minimum Gasteiger partial charge on any atom is -0.396 e. The topological polar surface area (TPSA) is 86.7 Å². The normalized spacial score (nSPS) is 12.0. The van der Waals surface area contributed by atoms with Gasteiger partial charge in [0.2, 0.25) is 5.28 Å². The Morgan fingerprint density at radius 3 is 2.94 bits per heavy atom. The number of aromatic nitrogens is 4. The van der Waals surface area contributed by atoms with E-state index in [0.717, 1.165) is 0 Å². The van der Waals surface area contributed by atoms with Crippen molar-refractivity contribution in [2.75, 3.05) is 18.5 Å². The highest BCUT2D eigenvalue weighted by atomic mass is 35.5. The standard InChI is InChI=1S/C10H14ClN5O/c1-10(2,4-17)3-12-7-6-8(14-5-13-6)16-9(11)15-7/h5,17H,3-4H2,1-2H3,(H2,12,13,14,15,16). The highest BCUT2D eigenvalue weighted by molar-refractivity contribution is 6.28. The third kappa shape index (κ3) is 2.65. The Morgan fingerprint density at radius 2 is 2.24 bits per heavy atom. The minimum absolute atomic E-state index is 0.0882. The molecule has 0 atom stereocenters. The Labute approximate surface area is 103 Å². The van der Waals surface area contributed by atoms with Crippen LogP contribution in [0.25, 0.3) is 11.2 Å². The summed E-state index contributed by atoms with van der Waals surface area (Å²) < 4.78 is 0. The van der Waals surface area contributed by atoms with Gasteiger partial charge in [-0.15, -0.1) is 0 Å². The number of hydrogen-bond donors (Lipinski definition) is 3. The molecule has 0 saturated carbocycles. The lowest BCUT2D eigenvalue weighted by Crippen LogP contribution is -2.27. The molecule has 0 aliphatic carbocycles. The zero-order valence-corrected chi connectivity index (χ0v) is 10.4. The van der Waals surface area contributed by atoms with Crippen molar-refractivity contribution < 1.29 is 5.11 Å². The van der Waals surface area contributed by atoms with E-state index >= 15 is 0 Å². The van der Waals surface area contributed by atoms with E-state index in [2.05, 4.69) is 25.3 Å². The second-order valence-electron chi connectivity index (χ2n) is 4.62. The highest BCUT2D eigenvalue weighted by Crippen LogP contribution is 2.21. The molecular formula is C10H14ClN5O. The Kier molecular flexibility index (Phi) is 3.17. The van der Waals surface area contributed by atoms with E-state index in [4.69, 9.17) is 11.6 Å². The van der Waals surface area contributed by atoms with Crippen LogP contribution in [0.3, 0.4) is 0 Å². The number of H-pyrrole nitrogens is 1. The van der Waals surface area contributed by atoms with Gasteiger partial charge in [0.15, 0.2) is 11.5 Å². The van der Waals surface area contributed by atoms with Gasteiger partial charge in [0.25, 0.3) is 0 Å². The average molecular weight is 256 g/mol. The zero-order chi connectivity index (χ0) is 12.5. The van der Waals surface area contributed by atoms with Gasteiger partial charge in [0.05, 0.1) is 6.33 Å². The Hall–Kier alpha value is -1.40. The second kappa shape index (κ2) is 4.46. The van der Waals surface area contributed by atoms with Crippen LogP contribution in [0.15, 0.2) is 6.33 Å². The molecule has 0 aliphatic heterocycles. The van der Waals surface area contributed by atoms with Crippen LogP contribution in [0.1, 0.15) is 13.8 Å². The molecular weight excluding hydrogens is 242 g/mol. The van der Waals surface area contributed by atoms with Crippen molar-refractivity contribution in [3.8, 4) is 0 Å². The number of imidazole rings is 1. The van der Waals surface area contributed by atoms with Crippen LogP contribution in [0, 0.1) is 5.41 Å². The van der Waals surface area contributed by atoms with Gasteiger partial charge in [0.1, 0.15) is 5.52 Å². The third-order valence-electron chi connectivity index (χ3n) is 2.42. The molecule has 17 heavy (non-hydrogen) atoms. The van der Waals surface area contributed by atoms with Crippen LogP contribution in [-0.4, -0.2) is 38.2 Å². The fourth-order valence-electron chi connectivity index (χ4n) is 1.31. The van der Waals surface area contributed by atoms with Crippen molar-refractivity contribution in [1.29, 1.82) is 0 Å². The maximum Gasteiger partial charge on any atom is 0.226 e. The van der Waals surface area contributed by atoms with Crippen molar-refractivity contribution in [1.82, 2.24) is 19.9 Å². The summed E-state index contributed by atoms with van der Waals surface area (Å²) >= 11 is 5.80. The lowest BCUT2D eigenvalue weighted by molar-refractivity contribution is 0.171. The molecule has 0 amide bonds. The van der Waals surface area contributed by atoms with Crippen molar-refractivity contribution in [2.24, 2.45) is 5.41 Å². The molecule has 2 heterocycles. The molecule has 0 radical (unpaired) electrons. The second-order valence-corrected chi connectivity index (χ2v) is 4.96. The molecule has 6 nitrogen and oxygen atoms in total. The molecule has 0 aliphatic rings. The summed E-state index contributed by atoms with van der Waals surface area (Å²) in [6, 6.07) is 0. The summed E-state index contributed by atoms with van der Waals surface area (Å²) in [5.74, 6) is 0.596. The van der Waals surface area contributed by atoms with Gasteiger partial charge >= 0.3 is 0 Å². The molecule has 0 bridgehead atoms. The number of aliphatic hydroxyl groups excluding tert-OH is 1. The Balaban J connectivity index is 2.26. The first-order valence-electron chi connectivity index (χ1n) is 5.23. The molecule has 2 rings (SSSR count). The van der Waals surface area contributed by atoms with Crippen LogP contribution in [0.5, 0.6) is 0 Å². The molecule has 0 aromatic carbocycles. The molecule has 2 aromatic rings. The van der Waals surface area contributed by atoms with Gasteiger partial charge in [-0.3, -0.25) is 0 Å². The fourth-order valence-corrected chi connectivity index (χ4v) is 1.48. The van der Waals surface area contributed by atoms with Crippen LogP contribution in [-0.2, 0) is 0 Å². The van der Waals surface area contributed by atoms with Gasteiger partial charge in [-0.05, 0) is 11.6 Å². The molecule has 0 spiro atoms. The molecule has 0 saturated heterocycles. The quantitative estimate of drug-likeness (QED) is 0.720. The van der Waals surface area contributed by atoms with E-state index in [-0.39, 0.29) is 17.3 Å². The lowest BCUT2D eigenvalue weighted by Gasteiger charge is -2.22. The molecule has 0 unspecified atom stereocenters. The number of aliphatic hydroxyl groups is 1. The first kappa shape index (κ1) is 12.1. The van der Waals surface area contributed by atoms with E-state index in [1.54, 1.807) is 0 Å². The van der Waals surface area contributed by atoms with Crippen molar-refractivity contribution >= 4 is 28.6 Å². The maximum absolute atomic E-state index is 9.18. The molecule has 0 fully saturated rings. The van der Waals surface area contributed by atoms with Crippen molar-refractivity contribution in [2.45, 2.75) is 13.8 Å². The summed E-state index contributed by atoms with van der Waals surface area (Å²) in [7, 11) is 0. The van der Waals surface area contributed by atoms with Crippen LogP contribution < -0.4 is 5.32 Å². The van der Waals surface area contributed by atoms with Gasteiger partial charge < -0.3 is 15.4 Å². The number of fused-ring (bicyclic) bond motifs is 1. The lowest BCUT2D eigenvalue weighted by atomic mass is 9.95. The van der Waals surface area contributed by atoms with Crippen LogP contribution in [0.2, 0.25) is 5.28 Å². The number of anilines is 1. The molecule has 3 N–H and O–H groups in total. The number of nitrogens with one attached hydrogen (secondary N) is 2. The number of halogens is 1. The van der Waals surface area contributed by atoms with Gasteiger partial charge in [-0.2, -0.15) is 9.97 Å². The molecule has 7 heteroatoms. The fraction of sp³-hybridized carbons (Fsp3) is 0.500. The average Bonchev–Trinajstić information content (AvgIpc) is 2.73. The summed E-state index contributed by atoms with van der Waals surface area (Å²) in [6.07, 6.45) is 1.54. The third-order valence-corrected chi connectivity index (χ3v) is 2.59. The SMILES string of the molecule is CC(C)(CO)CNc1nc(Cl)nc2nc[nH]c12. The monoisotopic (exact) mass is 255 g/mol. The van der Waals surface area contributed by atoms with E-state index in [1.807, 2.05) is 13.8 Å². The van der Waals surface area contributed by atoms with Crippen LogP contribution in [0.4, 0.5) is 5.82 Å². The summed E-state index contributed by atoms with van der Waals surface area (Å²) in [5.41, 5.74) is 1.00. The summed E-state index contributed by atoms with van der Waals surface area (Å²) in [6.45, 7) is 4.57. The van der Waals surface area contributed by atoms with Gasteiger partial charge in [0, 0.05) is 18.6 Å². The summed E-state index contributed by atoms with van der Waals surface area (Å²) in [5, 5.41) is 12.5. The van der Waals surface area contributed by atoms with E-state index in [0.29, 0.717) is 23.5 Å².